The van der Waals surface area contributed by atoms with Gasteiger partial charge in [-0.2, -0.15) is 0 Å². The SMILES string of the molecule is COc1cc(F)c(C(O)c2csc3ccccc23)c(F)c1. The van der Waals surface area contributed by atoms with E-state index in [2.05, 4.69) is 0 Å². The minimum Gasteiger partial charge on any atom is -0.497 e. The molecule has 0 amide bonds. The summed E-state index contributed by atoms with van der Waals surface area (Å²) in [6.45, 7) is 0. The second-order valence-corrected chi connectivity index (χ2v) is 5.51. The Kier molecular flexibility index (Phi) is 3.61. The van der Waals surface area contributed by atoms with Crippen molar-refractivity contribution in [1.82, 2.24) is 0 Å². The van der Waals surface area contributed by atoms with Crippen molar-refractivity contribution in [2.45, 2.75) is 6.10 Å². The van der Waals surface area contributed by atoms with Crippen molar-refractivity contribution in [3.8, 4) is 5.75 Å². The molecule has 2 aromatic carbocycles. The first-order chi connectivity index (χ1) is 10.1. The van der Waals surface area contributed by atoms with Gasteiger partial charge in [-0.05, 0) is 16.8 Å². The first-order valence-electron chi connectivity index (χ1n) is 6.29. The number of halogens is 2. The Balaban J connectivity index is 2.12. The molecule has 0 fully saturated rings. The molecule has 0 bridgehead atoms. The number of ether oxygens (including phenoxy) is 1. The fraction of sp³-hybridized carbons (Fsp3) is 0.125. The van der Waals surface area contributed by atoms with Gasteiger partial charge in [0.2, 0.25) is 0 Å². The molecule has 3 aromatic rings. The monoisotopic (exact) mass is 306 g/mol. The van der Waals surface area contributed by atoms with Gasteiger partial charge in [0.15, 0.2) is 0 Å². The van der Waals surface area contributed by atoms with Crippen molar-refractivity contribution in [2.75, 3.05) is 7.11 Å². The summed E-state index contributed by atoms with van der Waals surface area (Å²) in [4.78, 5) is 0. The summed E-state index contributed by atoms with van der Waals surface area (Å²) in [6.07, 6.45) is -1.35. The summed E-state index contributed by atoms with van der Waals surface area (Å²) in [5.41, 5.74) is 0.137. The number of fused-ring (bicyclic) bond motifs is 1. The van der Waals surface area contributed by atoms with Crippen LogP contribution in [0.5, 0.6) is 5.75 Å². The van der Waals surface area contributed by atoms with Crippen LogP contribution in [0.4, 0.5) is 8.78 Å². The van der Waals surface area contributed by atoms with Crippen LogP contribution in [0.25, 0.3) is 10.1 Å². The first-order valence-corrected chi connectivity index (χ1v) is 7.17. The summed E-state index contributed by atoms with van der Waals surface area (Å²) >= 11 is 1.43. The minimum atomic E-state index is -1.35. The summed E-state index contributed by atoms with van der Waals surface area (Å²) in [5.74, 6) is -1.57. The molecule has 3 rings (SSSR count). The normalized spacial score (nSPS) is 12.6. The van der Waals surface area contributed by atoms with Crippen LogP contribution in [0.3, 0.4) is 0 Å². The van der Waals surface area contributed by atoms with E-state index in [0.717, 1.165) is 22.2 Å². The van der Waals surface area contributed by atoms with Crippen molar-refractivity contribution in [1.29, 1.82) is 0 Å². The van der Waals surface area contributed by atoms with Gasteiger partial charge in [0.1, 0.15) is 23.5 Å². The van der Waals surface area contributed by atoms with Crippen LogP contribution in [-0.4, -0.2) is 12.2 Å². The molecule has 0 saturated heterocycles. The second-order valence-electron chi connectivity index (χ2n) is 4.59. The average molecular weight is 306 g/mol. The van der Waals surface area contributed by atoms with Crippen molar-refractivity contribution in [2.24, 2.45) is 0 Å². The first kappa shape index (κ1) is 14.0. The van der Waals surface area contributed by atoms with Crippen molar-refractivity contribution in [3.63, 3.8) is 0 Å². The Labute approximate surface area is 124 Å². The van der Waals surface area contributed by atoms with Crippen LogP contribution in [0, 0.1) is 11.6 Å². The zero-order chi connectivity index (χ0) is 15.0. The van der Waals surface area contributed by atoms with Crippen LogP contribution in [0.2, 0.25) is 0 Å². The molecule has 1 heterocycles. The van der Waals surface area contributed by atoms with Gasteiger partial charge in [-0.3, -0.25) is 0 Å². The fourth-order valence-electron chi connectivity index (χ4n) is 2.31. The predicted octanol–water partition coefficient (Wildman–Crippen LogP) is 4.27. The molecule has 0 radical (unpaired) electrons. The van der Waals surface area contributed by atoms with Crippen molar-refractivity contribution < 1.29 is 18.6 Å². The molecular weight excluding hydrogens is 294 g/mol. The standard InChI is InChI=1S/C16H12F2O2S/c1-20-9-6-12(17)15(13(18)7-9)16(19)11-8-21-14-5-3-2-4-10(11)14/h2-8,16,19H,1H3. The Morgan fingerprint density at radius 2 is 1.81 bits per heavy atom. The Hall–Kier alpha value is -1.98. The highest BCUT2D eigenvalue weighted by molar-refractivity contribution is 7.17. The molecular formula is C16H12F2O2S. The maximum absolute atomic E-state index is 14.1. The largest absolute Gasteiger partial charge is 0.497 e. The van der Waals surface area contributed by atoms with E-state index in [9.17, 15) is 13.9 Å². The van der Waals surface area contributed by atoms with Crippen LogP contribution >= 0.6 is 11.3 Å². The van der Waals surface area contributed by atoms with E-state index in [4.69, 9.17) is 4.74 Å². The van der Waals surface area contributed by atoms with Gasteiger partial charge < -0.3 is 9.84 Å². The average Bonchev–Trinajstić information content (AvgIpc) is 2.90. The lowest BCUT2D eigenvalue weighted by Crippen LogP contribution is -2.06. The second kappa shape index (κ2) is 5.42. The highest BCUT2D eigenvalue weighted by Gasteiger charge is 2.23. The fourth-order valence-corrected chi connectivity index (χ4v) is 3.29. The van der Waals surface area contributed by atoms with Crippen LogP contribution < -0.4 is 4.74 Å². The van der Waals surface area contributed by atoms with Gasteiger partial charge in [0, 0.05) is 22.4 Å². The maximum Gasteiger partial charge on any atom is 0.135 e. The Bertz CT molecular complexity index is 775. The lowest BCUT2D eigenvalue weighted by molar-refractivity contribution is 0.210. The number of rotatable bonds is 3. The molecule has 0 saturated carbocycles. The number of benzene rings is 2. The Morgan fingerprint density at radius 1 is 1.14 bits per heavy atom. The molecule has 0 aliphatic carbocycles. The van der Waals surface area contributed by atoms with E-state index < -0.39 is 17.7 Å². The summed E-state index contributed by atoms with van der Waals surface area (Å²) in [7, 11) is 1.33. The maximum atomic E-state index is 14.1. The molecule has 1 atom stereocenters. The number of methoxy groups -OCH3 is 1. The number of hydrogen-bond donors (Lipinski definition) is 1. The predicted molar refractivity (Wildman–Crippen MR) is 78.8 cm³/mol. The van der Waals surface area contributed by atoms with Gasteiger partial charge in [-0.1, -0.05) is 18.2 Å². The molecule has 21 heavy (non-hydrogen) atoms. The van der Waals surface area contributed by atoms with E-state index in [-0.39, 0.29) is 11.3 Å². The zero-order valence-corrected chi connectivity index (χ0v) is 12.0. The van der Waals surface area contributed by atoms with Gasteiger partial charge in [-0.15, -0.1) is 11.3 Å². The number of aliphatic hydroxyl groups excluding tert-OH is 1. The highest BCUT2D eigenvalue weighted by atomic mass is 32.1. The molecule has 2 nitrogen and oxygen atoms in total. The van der Waals surface area contributed by atoms with Crippen molar-refractivity contribution >= 4 is 21.4 Å². The number of hydrogen-bond acceptors (Lipinski definition) is 3. The minimum absolute atomic E-state index is 0.0797. The summed E-state index contributed by atoms with van der Waals surface area (Å²) in [5, 5.41) is 12.9. The lowest BCUT2D eigenvalue weighted by Gasteiger charge is -2.13. The van der Waals surface area contributed by atoms with E-state index in [1.807, 2.05) is 24.3 Å². The third kappa shape index (κ3) is 2.39. The molecule has 108 valence electrons. The van der Waals surface area contributed by atoms with Crippen molar-refractivity contribution in [3.05, 3.63) is 64.5 Å². The van der Waals surface area contributed by atoms with Crippen LogP contribution in [-0.2, 0) is 0 Å². The molecule has 0 aliphatic heterocycles. The molecule has 0 aliphatic rings. The number of aliphatic hydroxyl groups is 1. The van der Waals surface area contributed by atoms with E-state index in [1.165, 1.54) is 18.4 Å². The molecule has 1 aromatic heterocycles. The van der Waals surface area contributed by atoms with E-state index in [1.54, 1.807) is 5.38 Å². The van der Waals surface area contributed by atoms with Gasteiger partial charge in [-0.25, -0.2) is 8.78 Å². The topological polar surface area (TPSA) is 29.5 Å². The van der Waals surface area contributed by atoms with Gasteiger partial charge in [0.25, 0.3) is 0 Å². The molecule has 0 spiro atoms. The third-order valence-corrected chi connectivity index (χ3v) is 4.35. The van der Waals surface area contributed by atoms with Crippen LogP contribution in [0.1, 0.15) is 17.2 Å². The van der Waals surface area contributed by atoms with E-state index in [0.29, 0.717) is 5.56 Å². The molecule has 5 heteroatoms. The van der Waals surface area contributed by atoms with Gasteiger partial charge >= 0.3 is 0 Å². The third-order valence-electron chi connectivity index (χ3n) is 3.37. The van der Waals surface area contributed by atoms with Crippen LogP contribution in [0.15, 0.2) is 41.8 Å². The highest BCUT2D eigenvalue weighted by Crippen LogP contribution is 2.36. The number of thiophene rings is 1. The molecule has 1 N–H and O–H groups in total. The quantitative estimate of drug-likeness (QED) is 0.783. The summed E-state index contributed by atoms with van der Waals surface area (Å²) in [6, 6.07) is 9.56. The zero-order valence-electron chi connectivity index (χ0n) is 11.1. The lowest BCUT2D eigenvalue weighted by atomic mass is 9.99. The molecule has 1 unspecified atom stereocenters. The Morgan fingerprint density at radius 3 is 2.48 bits per heavy atom. The smallest absolute Gasteiger partial charge is 0.135 e. The summed E-state index contributed by atoms with van der Waals surface area (Å²) < 4.78 is 33.9. The van der Waals surface area contributed by atoms with Gasteiger partial charge in [0.05, 0.1) is 12.7 Å². The van der Waals surface area contributed by atoms with E-state index >= 15 is 0 Å².